The van der Waals surface area contributed by atoms with E-state index < -0.39 is 17.4 Å². The zero-order valence-corrected chi connectivity index (χ0v) is 14.9. The highest BCUT2D eigenvalue weighted by molar-refractivity contribution is 7.10. The molecule has 26 heavy (non-hydrogen) atoms. The number of hydrogen-bond acceptors (Lipinski definition) is 5. The number of aryl methyl sites for hydroxylation is 1. The summed E-state index contributed by atoms with van der Waals surface area (Å²) in [6.07, 6.45) is 1.44. The molecule has 0 aliphatic heterocycles. The fourth-order valence-electron chi connectivity index (χ4n) is 2.44. The Morgan fingerprint density at radius 2 is 1.88 bits per heavy atom. The van der Waals surface area contributed by atoms with Crippen molar-refractivity contribution >= 4 is 28.8 Å². The van der Waals surface area contributed by atoms with E-state index in [9.17, 15) is 14.7 Å². The van der Waals surface area contributed by atoms with Gasteiger partial charge in [-0.1, -0.05) is 23.8 Å². The number of furan rings is 1. The third-order valence-electron chi connectivity index (χ3n) is 3.88. The molecule has 0 spiro atoms. The molecule has 1 unspecified atom stereocenters. The van der Waals surface area contributed by atoms with Gasteiger partial charge in [-0.25, -0.2) is 0 Å². The van der Waals surface area contributed by atoms with E-state index in [0.717, 1.165) is 5.56 Å². The molecule has 0 bridgehead atoms. The minimum Gasteiger partial charge on any atom is -0.466 e. The summed E-state index contributed by atoms with van der Waals surface area (Å²) in [7, 11) is 0. The third kappa shape index (κ3) is 3.84. The van der Waals surface area contributed by atoms with Crippen LogP contribution in [0.2, 0.25) is 0 Å². The van der Waals surface area contributed by atoms with Gasteiger partial charge in [-0.15, -0.1) is 11.3 Å². The van der Waals surface area contributed by atoms with E-state index in [1.54, 1.807) is 36.4 Å². The zero-order chi connectivity index (χ0) is 18.6. The molecule has 0 aliphatic rings. The number of benzene rings is 1. The van der Waals surface area contributed by atoms with Gasteiger partial charge in [-0.05, 0) is 42.6 Å². The van der Waals surface area contributed by atoms with Crippen molar-refractivity contribution in [3.8, 4) is 0 Å². The number of rotatable bonds is 5. The van der Waals surface area contributed by atoms with E-state index in [4.69, 9.17) is 4.42 Å². The van der Waals surface area contributed by atoms with Crippen LogP contribution in [0.4, 0.5) is 5.69 Å². The van der Waals surface area contributed by atoms with Crippen LogP contribution in [-0.4, -0.2) is 23.5 Å². The van der Waals surface area contributed by atoms with Crippen LogP contribution in [0.5, 0.6) is 0 Å². The van der Waals surface area contributed by atoms with Gasteiger partial charge in [0.25, 0.3) is 0 Å². The van der Waals surface area contributed by atoms with Gasteiger partial charge in [0, 0.05) is 10.6 Å². The van der Waals surface area contributed by atoms with Gasteiger partial charge >= 0.3 is 11.8 Å². The zero-order valence-electron chi connectivity index (χ0n) is 14.1. The molecule has 134 valence electrons. The summed E-state index contributed by atoms with van der Waals surface area (Å²) in [6, 6.07) is 13.9. The van der Waals surface area contributed by atoms with Gasteiger partial charge in [0.15, 0.2) is 5.60 Å². The number of carbonyl (C=O) groups is 2. The van der Waals surface area contributed by atoms with E-state index in [1.807, 2.05) is 24.4 Å². The molecule has 6 nitrogen and oxygen atoms in total. The van der Waals surface area contributed by atoms with E-state index in [2.05, 4.69) is 10.6 Å². The lowest BCUT2D eigenvalue weighted by Crippen LogP contribution is -2.44. The quantitative estimate of drug-likeness (QED) is 0.602. The van der Waals surface area contributed by atoms with Crippen LogP contribution in [0, 0.1) is 6.92 Å². The lowest BCUT2D eigenvalue weighted by molar-refractivity contribution is -0.136. The highest BCUT2D eigenvalue weighted by Gasteiger charge is 2.36. The van der Waals surface area contributed by atoms with Gasteiger partial charge in [-0.2, -0.15) is 0 Å². The maximum absolute atomic E-state index is 12.1. The molecule has 2 aromatic heterocycles. The largest absolute Gasteiger partial charge is 0.466 e. The molecule has 3 aromatic rings. The normalized spacial score (nSPS) is 13.0. The molecule has 1 aromatic carbocycles. The molecular formula is C19H18N2O4S. The standard InChI is InChI=1S/C19H18N2O4S/c1-13-6-8-14(9-7-13)21-18(23)17(22)20-12-19(24,15-4-2-10-25-15)16-5-3-11-26-16/h2-11,24H,12H2,1H3,(H,20,22)(H,21,23). The maximum atomic E-state index is 12.1. The molecule has 0 saturated heterocycles. The highest BCUT2D eigenvalue weighted by atomic mass is 32.1. The molecule has 0 fully saturated rings. The van der Waals surface area contributed by atoms with Crippen LogP contribution in [0.15, 0.2) is 64.6 Å². The first-order valence-corrected chi connectivity index (χ1v) is 8.83. The first kappa shape index (κ1) is 17.9. The number of anilines is 1. The van der Waals surface area contributed by atoms with Crippen molar-refractivity contribution < 1.29 is 19.1 Å². The van der Waals surface area contributed by atoms with Crippen LogP contribution < -0.4 is 10.6 Å². The van der Waals surface area contributed by atoms with Crippen molar-refractivity contribution in [1.82, 2.24) is 5.32 Å². The van der Waals surface area contributed by atoms with Crippen LogP contribution in [0.3, 0.4) is 0 Å². The Balaban J connectivity index is 1.68. The Morgan fingerprint density at radius 3 is 2.50 bits per heavy atom. The van der Waals surface area contributed by atoms with Gasteiger partial charge in [0.2, 0.25) is 0 Å². The van der Waals surface area contributed by atoms with Gasteiger partial charge in [-0.3, -0.25) is 9.59 Å². The summed E-state index contributed by atoms with van der Waals surface area (Å²) in [5.74, 6) is -1.35. The minimum atomic E-state index is -1.54. The molecule has 0 aliphatic carbocycles. The summed E-state index contributed by atoms with van der Waals surface area (Å²) in [6.45, 7) is 1.74. The van der Waals surface area contributed by atoms with Crippen molar-refractivity contribution in [3.63, 3.8) is 0 Å². The Hall–Kier alpha value is -2.90. The van der Waals surface area contributed by atoms with Gasteiger partial charge < -0.3 is 20.2 Å². The average molecular weight is 370 g/mol. The molecule has 2 heterocycles. The summed E-state index contributed by atoms with van der Waals surface area (Å²) in [5.41, 5.74) is 0.0273. The number of amides is 2. The monoisotopic (exact) mass is 370 g/mol. The molecule has 1 atom stereocenters. The fourth-order valence-corrected chi connectivity index (χ4v) is 3.27. The van der Waals surface area contributed by atoms with Crippen LogP contribution >= 0.6 is 11.3 Å². The fraction of sp³-hybridized carbons (Fsp3) is 0.158. The van der Waals surface area contributed by atoms with Gasteiger partial charge in [0.1, 0.15) is 5.76 Å². The molecule has 3 rings (SSSR count). The molecule has 3 N–H and O–H groups in total. The molecule has 0 radical (unpaired) electrons. The van der Waals surface area contributed by atoms with Gasteiger partial charge in [0.05, 0.1) is 12.8 Å². The Bertz CT molecular complexity index is 837. The molecule has 7 heteroatoms. The first-order valence-electron chi connectivity index (χ1n) is 7.95. The first-order chi connectivity index (χ1) is 12.5. The molecular weight excluding hydrogens is 352 g/mol. The van der Waals surface area contributed by atoms with Crippen molar-refractivity contribution in [1.29, 1.82) is 0 Å². The number of aliphatic hydroxyl groups is 1. The molecule has 2 amide bonds. The van der Waals surface area contributed by atoms with E-state index in [1.165, 1.54) is 17.6 Å². The second kappa shape index (κ2) is 7.55. The summed E-state index contributed by atoms with van der Waals surface area (Å²) in [4.78, 5) is 24.8. The maximum Gasteiger partial charge on any atom is 0.313 e. The van der Waals surface area contributed by atoms with Crippen LogP contribution in [-0.2, 0) is 15.2 Å². The number of hydrogen-bond donors (Lipinski definition) is 3. The SMILES string of the molecule is Cc1ccc(NC(=O)C(=O)NCC(O)(c2ccco2)c2cccs2)cc1. The topological polar surface area (TPSA) is 91.6 Å². The molecule has 0 saturated carbocycles. The lowest BCUT2D eigenvalue weighted by atomic mass is 9.98. The summed E-state index contributed by atoms with van der Waals surface area (Å²) in [5, 5.41) is 17.9. The Kier molecular flexibility index (Phi) is 5.20. The van der Waals surface area contributed by atoms with E-state index in [-0.39, 0.29) is 6.54 Å². The van der Waals surface area contributed by atoms with Crippen molar-refractivity contribution in [3.05, 3.63) is 76.4 Å². The van der Waals surface area contributed by atoms with Crippen molar-refractivity contribution in [2.45, 2.75) is 12.5 Å². The van der Waals surface area contributed by atoms with Crippen molar-refractivity contribution in [2.24, 2.45) is 0 Å². The average Bonchev–Trinajstić information content (AvgIpc) is 3.35. The van der Waals surface area contributed by atoms with E-state index in [0.29, 0.717) is 16.3 Å². The second-order valence-electron chi connectivity index (χ2n) is 5.82. The minimum absolute atomic E-state index is 0.193. The Morgan fingerprint density at radius 1 is 1.12 bits per heavy atom. The predicted molar refractivity (Wildman–Crippen MR) is 98.8 cm³/mol. The smallest absolute Gasteiger partial charge is 0.313 e. The summed E-state index contributed by atoms with van der Waals surface area (Å²) < 4.78 is 5.33. The second-order valence-corrected chi connectivity index (χ2v) is 6.77. The number of carbonyl (C=O) groups excluding carboxylic acids is 2. The highest BCUT2D eigenvalue weighted by Crippen LogP contribution is 2.32. The van der Waals surface area contributed by atoms with Crippen molar-refractivity contribution in [2.75, 3.05) is 11.9 Å². The number of thiophene rings is 1. The van der Waals surface area contributed by atoms with Crippen LogP contribution in [0.25, 0.3) is 0 Å². The lowest BCUT2D eigenvalue weighted by Gasteiger charge is -2.25. The summed E-state index contributed by atoms with van der Waals surface area (Å²) >= 11 is 1.33. The van der Waals surface area contributed by atoms with E-state index >= 15 is 0 Å². The Labute approximate surface area is 154 Å². The predicted octanol–water partition coefficient (Wildman–Crippen LogP) is 2.64. The van der Waals surface area contributed by atoms with Crippen LogP contribution in [0.1, 0.15) is 16.2 Å². The number of nitrogens with one attached hydrogen (secondary N) is 2. The third-order valence-corrected chi connectivity index (χ3v) is 4.90.